The largest absolute Gasteiger partial charge is 0.492 e. The lowest BCUT2D eigenvalue weighted by molar-refractivity contribution is 0.108. The van der Waals surface area contributed by atoms with Gasteiger partial charge in [0, 0.05) is 5.56 Å². The molecule has 0 radical (unpaired) electrons. The first-order chi connectivity index (χ1) is 7.00. The average molecular weight is 292 g/mol. The van der Waals surface area contributed by atoms with Crippen molar-refractivity contribution in [3.63, 3.8) is 0 Å². The van der Waals surface area contributed by atoms with E-state index in [0.717, 1.165) is 4.47 Å². The van der Waals surface area contributed by atoms with Crippen LogP contribution in [0, 0.1) is 5.92 Å². The van der Waals surface area contributed by atoms with Gasteiger partial charge in [0.05, 0.1) is 11.1 Å². The lowest BCUT2D eigenvalue weighted by Crippen LogP contribution is -2.05. The highest BCUT2D eigenvalue weighted by molar-refractivity contribution is 9.10. The third-order valence-electron chi connectivity index (χ3n) is 1.73. The normalized spacial score (nSPS) is 10.5. The molecule has 0 heterocycles. The molecule has 0 saturated heterocycles. The van der Waals surface area contributed by atoms with Gasteiger partial charge in [0.25, 0.3) is 5.24 Å². The Bertz CT molecular complexity index is 364. The van der Waals surface area contributed by atoms with Gasteiger partial charge in [0.1, 0.15) is 5.75 Å². The van der Waals surface area contributed by atoms with Crippen LogP contribution in [-0.2, 0) is 0 Å². The van der Waals surface area contributed by atoms with Crippen molar-refractivity contribution in [3.8, 4) is 5.75 Å². The van der Waals surface area contributed by atoms with Crippen molar-refractivity contribution < 1.29 is 9.53 Å². The summed E-state index contributed by atoms with van der Waals surface area (Å²) >= 11 is 8.73. The number of carbonyl (C=O) groups excluding carboxylic acids is 1. The summed E-state index contributed by atoms with van der Waals surface area (Å²) < 4.78 is 6.36. The van der Waals surface area contributed by atoms with Gasteiger partial charge in [-0.05, 0) is 51.6 Å². The minimum Gasteiger partial charge on any atom is -0.492 e. The molecule has 2 nitrogen and oxygen atoms in total. The molecule has 0 fully saturated rings. The zero-order valence-electron chi connectivity index (χ0n) is 8.59. The Morgan fingerprint density at radius 2 is 2.20 bits per heavy atom. The maximum absolute atomic E-state index is 10.9. The van der Waals surface area contributed by atoms with Gasteiger partial charge in [0.2, 0.25) is 0 Å². The van der Waals surface area contributed by atoms with Crippen LogP contribution in [0.5, 0.6) is 5.75 Å². The van der Waals surface area contributed by atoms with Crippen molar-refractivity contribution in [1.29, 1.82) is 0 Å². The minimum absolute atomic E-state index is 0.437. The van der Waals surface area contributed by atoms with Gasteiger partial charge in [0.15, 0.2) is 0 Å². The zero-order valence-corrected chi connectivity index (χ0v) is 10.9. The van der Waals surface area contributed by atoms with Crippen molar-refractivity contribution in [2.45, 2.75) is 13.8 Å². The molecule has 0 N–H and O–H groups in total. The lowest BCUT2D eigenvalue weighted by atomic mass is 10.2. The number of carbonyl (C=O) groups is 1. The van der Waals surface area contributed by atoms with Gasteiger partial charge >= 0.3 is 0 Å². The monoisotopic (exact) mass is 290 g/mol. The highest BCUT2D eigenvalue weighted by Gasteiger charge is 2.07. The molecule has 0 bridgehead atoms. The quantitative estimate of drug-likeness (QED) is 0.787. The van der Waals surface area contributed by atoms with Crippen molar-refractivity contribution in [1.82, 2.24) is 0 Å². The molecular weight excluding hydrogens is 279 g/mol. The second-order valence-corrected chi connectivity index (χ2v) is 4.82. The Balaban J connectivity index is 2.85. The molecule has 1 rings (SSSR count). The van der Waals surface area contributed by atoms with Crippen LogP contribution in [0.15, 0.2) is 22.7 Å². The molecule has 0 atom stereocenters. The minimum atomic E-state index is -0.475. The second kappa shape index (κ2) is 5.52. The van der Waals surface area contributed by atoms with Crippen LogP contribution in [-0.4, -0.2) is 11.8 Å². The summed E-state index contributed by atoms with van der Waals surface area (Å²) in [7, 11) is 0. The van der Waals surface area contributed by atoms with Crippen LogP contribution in [0.2, 0.25) is 0 Å². The number of ether oxygens (including phenoxy) is 1. The molecule has 4 heteroatoms. The summed E-state index contributed by atoms with van der Waals surface area (Å²) in [5.41, 5.74) is 0.443. The highest BCUT2D eigenvalue weighted by atomic mass is 79.9. The van der Waals surface area contributed by atoms with Crippen LogP contribution in [0.1, 0.15) is 24.2 Å². The maximum atomic E-state index is 10.9. The van der Waals surface area contributed by atoms with Crippen LogP contribution in [0.25, 0.3) is 0 Å². The Labute approximate surface area is 103 Å². The Morgan fingerprint density at radius 3 is 2.73 bits per heavy atom. The summed E-state index contributed by atoms with van der Waals surface area (Å²) in [6.45, 7) is 4.73. The van der Waals surface area contributed by atoms with E-state index in [0.29, 0.717) is 23.8 Å². The first-order valence-corrected chi connectivity index (χ1v) is 5.80. The standard InChI is InChI=1S/C11H12BrClO2/c1-7(2)6-15-10-5-8(11(13)14)3-4-9(10)12/h3-5,7H,6H2,1-2H3. The third-order valence-corrected chi connectivity index (χ3v) is 2.60. The van der Waals surface area contributed by atoms with Crippen molar-refractivity contribution in [3.05, 3.63) is 28.2 Å². The van der Waals surface area contributed by atoms with Crippen molar-refractivity contribution >= 4 is 32.8 Å². The number of hydrogen-bond donors (Lipinski definition) is 0. The molecule has 0 aliphatic rings. The third kappa shape index (κ3) is 3.84. The average Bonchev–Trinajstić information content (AvgIpc) is 2.16. The van der Waals surface area contributed by atoms with Crippen LogP contribution >= 0.6 is 27.5 Å². The summed E-state index contributed by atoms with van der Waals surface area (Å²) in [6.07, 6.45) is 0. The number of hydrogen-bond acceptors (Lipinski definition) is 2. The SMILES string of the molecule is CC(C)COc1cc(C(=O)Cl)ccc1Br. The molecular formula is C11H12BrClO2. The molecule has 0 aliphatic carbocycles. The Morgan fingerprint density at radius 1 is 1.53 bits per heavy atom. The number of halogens is 2. The van der Waals surface area contributed by atoms with E-state index < -0.39 is 5.24 Å². The van der Waals surface area contributed by atoms with Gasteiger partial charge in [-0.3, -0.25) is 4.79 Å². The van der Waals surface area contributed by atoms with Gasteiger partial charge < -0.3 is 4.74 Å². The first kappa shape index (κ1) is 12.5. The summed E-state index contributed by atoms with van der Waals surface area (Å²) in [4.78, 5) is 10.9. The zero-order chi connectivity index (χ0) is 11.4. The second-order valence-electron chi connectivity index (χ2n) is 3.62. The predicted octanol–water partition coefficient (Wildman–Crippen LogP) is 3.86. The summed E-state index contributed by atoms with van der Waals surface area (Å²) in [6, 6.07) is 5.05. The Hall–Kier alpha value is -0.540. The van der Waals surface area contributed by atoms with E-state index in [1.807, 2.05) is 0 Å². The topological polar surface area (TPSA) is 26.3 Å². The van der Waals surface area contributed by atoms with E-state index in [1.54, 1.807) is 18.2 Å². The summed E-state index contributed by atoms with van der Waals surface area (Å²) in [5, 5.41) is -0.475. The molecule has 0 aromatic heterocycles. The fraction of sp³-hybridized carbons (Fsp3) is 0.364. The molecule has 0 aliphatic heterocycles. The molecule has 0 amide bonds. The van der Waals surface area contributed by atoms with E-state index >= 15 is 0 Å². The van der Waals surface area contributed by atoms with E-state index in [9.17, 15) is 4.79 Å². The number of rotatable bonds is 4. The van der Waals surface area contributed by atoms with E-state index in [-0.39, 0.29) is 0 Å². The Kier molecular flexibility index (Phi) is 4.61. The fourth-order valence-corrected chi connectivity index (χ4v) is 1.47. The van der Waals surface area contributed by atoms with Crippen molar-refractivity contribution in [2.75, 3.05) is 6.61 Å². The lowest BCUT2D eigenvalue weighted by Gasteiger charge is -2.10. The van der Waals surface area contributed by atoms with Crippen LogP contribution in [0.4, 0.5) is 0 Å². The van der Waals surface area contributed by atoms with E-state index in [2.05, 4.69) is 29.8 Å². The van der Waals surface area contributed by atoms with E-state index in [1.165, 1.54) is 0 Å². The molecule has 0 saturated carbocycles. The molecule has 15 heavy (non-hydrogen) atoms. The fourth-order valence-electron chi connectivity index (χ4n) is 0.993. The van der Waals surface area contributed by atoms with Gasteiger partial charge in [-0.25, -0.2) is 0 Å². The van der Waals surface area contributed by atoms with Gasteiger partial charge in [-0.2, -0.15) is 0 Å². The molecule has 82 valence electrons. The van der Waals surface area contributed by atoms with Crippen LogP contribution < -0.4 is 4.74 Å². The smallest absolute Gasteiger partial charge is 0.252 e. The van der Waals surface area contributed by atoms with Gasteiger partial charge in [-0.15, -0.1) is 0 Å². The number of benzene rings is 1. The van der Waals surface area contributed by atoms with Crippen molar-refractivity contribution in [2.24, 2.45) is 5.92 Å². The van der Waals surface area contributed by atoms with Gasteiger partial charge in [-0.1, -0.05) is 13.8 Å². The first-order valence-electron chi connectivity index (χ1n) is 4.63. The summed E-state index contributed by atoms with van der Waals surface area (Å²) in [5.74, 6) is 1.09. The molecule has 1 aromatic rings. The van der Waals surface area contributed by atoms with Crippen LogP contribution in [0.3, 0.4) is 0 Å². The molecule has 1 aromatic carbocycles. The highest BCUT2D eigenvalue weighted by Crippen LogP contribution is 2.27. The maximum Gasteiger partial charge on any atom is 0.252 e. The van der Waals surface area contributed by atoms with E-state index in [4.69, 9.17) is 16.3 Å². The predicted molar refractivity (Wildman–Crippen MR) is 64.7 cm³/mol. The molecule has 0 unspecified atom stereocenters. The molecule has 0 spiro atoms.